The Morgan fingerprint density at radius 2 is 1.03 bits per heavy atom. The van der Waals surface area contributed by atoms with Crippen molar-refractivity contribution in [3.8, 4) is 0 Å². The van der Waals surface area contributed by atoms with E-state index in [1.165, 1.54) is 107 Å². The first-order valence-corrected chi connectivity index (χ1v) is 13.2. The molecule has 2 aromatic rings. The molecule has 176 valence electrons. The maximum absolute atomic E-state index is 4.06. The number of pyridine rings is 1. The van der Waals surface area contributed by atoms with E-state index in [1.807, 2.05) is 24.5 Å². The Bertz CT molecular complexity index is 705. The van der Waals surface area contributed by atoms with E-state index in [-0.39, 0.29) is 0 Å². The maximum atomic E-state index is 4.06. The quantitative estimate of drug-likeness (QED) is 0.217. The Balaban J connectivity index is 1.47. The summed E-state index contributed by atoms with van der Waals surface area (Å²) >= 11 is 0. The van der Waals surface area contributed by atoms with E-state index < -0.39 is 0 Å². The van der Waals surface area contributed by atoms with Crippen LogP contribution in [0.5, 0.6) is 0 Å². The topological polar surface area (TPSA) is 16.1 Å². The molecule has 2 nitrogen and oxygen atoms in total. The monoisotopic (exact) mass is 434 g/mol. The molecular formula is C30H46N2. The zero-order valence-corrected chi connectivity index (χ0v) is 20.8. The summed E-state index contributed by atoms with van der Waals surface area (Å²) < 4.78 is 0. The molecule has 0 amide bonds. The average molecular weight is 435 g/mol. The van der Waals surface area contributed by atoms with Gasteiger partial charge in [0.05, 0.1) is 0 Å². The number of hydrogen-bond acceptors (Lipinski definition) is 2. The van der Waals surface area contributed by atoms with Crippen LogP contribution in [0.4, 0.5) is 5.69 Å². The normalized spacial score (nSPS) is 11.3. The summed E-state index contributed by atoms with van der Waals surface area (Å²) in [5.41, 5.74) is 3.72. The Morgan fingerprint density at radius 1 is 0.594 bits per heavy atom. The number of nitrogens with zero attached hydrogens (tertiary/aromatic N) is 2. The number of unbranched alkanes of at least 4 members (excludes halogenated alkanes) is 13. The number of anilines is 1. The zero-order valence-electron chi connectivity index (χ0n) is 20.8. The zero-order chi connectivity index (χ0) is 22.7. The van der Waals surface area contributed by atoms with Gasteiger partial charge in [0.15, 0.2) is 0 Å². The first-order valence-electron chi connectivity index (χ1n) is 13.2. The molecule has 0 fully saturated rings. The second-order valence-electron chi connectivity index (χ2n) is 9.22. The van der Waals surface area contributed by atoms with Crippen molar-refractivity contribution in [2.45, 2.75) is 96.8 Å². The summed E-state index contributed by atoms with van der Waals surface area (Å²) in [5, 5.41) is 0. The minimum Gasteiger partial charge on any atom is -0.375 e. The number of hydrogen-bond donors (Lipinski definition) is 0. The van der Waals surface area contributed by atoms with Crippen LogP contribution in [0.25, 0.3) is 12.2 Å². The van der Waals surface area contributed by atoms with Gasteiger partial charge < -0.3 is 4.90 Å². The van der Waals surface area contributed by atoms with Gasteiger partial charge in [0.1, 0.15) is 0 Å². The fourth-order valence-electron chi connectivity index (χ4n) is 4.18. The third kappa shape index (κ3) is 12.1. The van der Waals surface area contributed by atoms with E-state index >= 15 is 0 Å². The molecule has 0 aliphatic heterocycles. The molecule has 1 aromatic carbocycles. The summed E-state index contributed by atoms with van der Waals surface area (Å²) in [4.78, 5) is 6.45. The van der Waals surface area contributed by atoms with Crippen molar-refractivity contribution in [2.75, 3.05) is 18.5 Å². The molecule has 2 rings (SSSR count). The molecule has 0 aliphatic rings. The van der Waals surface area contributed by atoms with Gasteiger partial charge in [-0.3, -0.25) is 4.98 Å². The van der Waals surface area contributed by atoms with Gasteiger partial charge in [0, 0.05) is 31.7 Å². The van der Waals surface area contributed by atoms with Crippen molar-refractivity contribution >= 4 is 17.8 Å². The van der Waals surface area contributed by atoms with Crippen molar-refractivity contribution in [2.24, 2.45) is 0 Å². The molecule has 0 aliphatic carbocycles. The summed E-state index contributed by atoms with van der Waals surface area (Å²) in [6, 6.07) is 12.9. The molecule has 0 saturated carbocycles. The summed E-state index contributed by atoms with van der Waals surface area (Å²) in [5.74, 6) is 0. The average Bonchev–Trinajstić information content (AvgIpc) is 2.84. The largest absolute Gasteiger partial charge is 0.375 e. The van der Waals surface area contributed by atoms with Crippen molar-refractivity contribution in [1.29, 1.82) is 0 Å². The van der Waals surface area contributed by atoms with E-state index in [9.17, 15) is 0 Å². The first-order chi connectivity index (χ1) is 15.8. The highest BCUT2D eigenvalue weighted by molar-refractivity contribution is 5.70. The molecule has 32 heavy (non-hydrogen) atoms. The van der Waals surface area contributed by atoms with Crippen LogP contribution in [0.3, 0.4) is 0 Å². The van der Waals surface area contributed by atoms with Crippen LogP contribution in [0, 0.1) is 0 Å². The maximum Gasteiger partial charge on any atom is 0.0364 e. The number of benzene rings is 1. The van der Waals surface area contributed by atoms with Crippen LogP contribution >= 0.6 is 0 Å². The Hall–Kier alpha value is -2.09. The van der Waals surface area contributed by atoms with Crippen molar-refractivity contribution in [3.63, 3.8) is 0 Å². The van der Waals surface area contributed by atoms with Gasteiger partial charge in [-0.05, 0) is 41.8 Å². The Labute approximate surface area is 198 Å². The van der Waals surface area contributed by atoms with Gasteiger partial charge in [0.2, 0.25) is 0 Å². The molecule has 0 N–H and O–H groups in total. The molecule has 0 saturated heterocycles. The van der Waals surface area contributed by atoms with E-state index in [4.69, 9.17) is 0 Å². The highest BCUT2D eigenvalue weighted by atomic mass is 15.1. The standard InChI is InChI=1S/C30H46N2/c1-3-4-5-6-7-8-9-10-11-12-13-14-15-16-27-32(2)30-21-19-28(20-22-30)17-18-29-23-25-31-26-24-29/h17-26H,3-16,27H2,1-2H3/b18-17+. The van der Waals surface area contributed by atoms with E-state index in [0.717, 1.165) is 6.54 Å². The minimum atomic E-state index is 1.14. The third-order valence-corrected chi connectivity index (χ3v) is 6.36. The fraction of sp³-hybridized carbons (Fsp3) is 0.567. The van der Waals surface area contributed by atoms with Gasteiger partial charge in [-0.2, -0.15) is 0 Å². The van der Waals surface area contributed by atoms with Crippen molar-refractivity contribution in [1.82, 2.24) is 4.98 Å². The first kappa shape index (κ1) is 26.2. The third-order valence-electron chi connectivity index (χ3n) is 6.36. The highest BCUT2D eigenvalue weighted by Crippen LogP contribution is 2.17. The number of rotatable bonds is 18. The lowest BCUT2D eigenvalue weighted by Crippen LogP contribution is -2.18. The minimum absolute atomic E-state index is 1.14. The van der Waals surface area contributed by atoms with Gasteiger partial charge in [0.25, 0.3) is 0 Å². The van der Waals surface area contributed by atoms with Gasteiger partial charge in [-0.15, -0.1) is 0 Å². The van der Waals surface area contributed by atoms with Gasteiger partial charge in [-0.25, -0.2) is 0 Å². The smallest absolute Gasteiger partial charge is 0.0364 e. The predicted molar refractivity (Wildman–Crippen MR) is 143 cm³/mol. The van der Waals surface area contributed by atoms with E-state index in [2.05, 4.69) is 60.3 Å². The van der Waals surface area contributed by atoms with E-state index in [0.29, 0.717) is 0 Å². The van der Waals surface area contributed by atoms with Gasteiger partial charge in [-0.1, -0.05) is 115 Å². The van der Waals surface area contributed by atoms with Gasteiger partial charge >= 0.3 is 0 Å². The molecule has 0 radical (unpaired) electrons. The lowest BCUT2D eigenvalue weighted by molar-refractivity contribution is 0.535. The van der Waals surface area contributed by atoms with Crippen molar-refractivity contribution in [3.05, 3.63) is 59.9 Å². The fourth-order valence-corrected chi connectivity index (χ4v) is 4.18. The highest BCUT2D eigenvalue weighted by Gasteiger charge is 2.01. The lowest BCUT2D eigenvalue weighted by Gasteiger charge is -2.19. The molecule has 1 heterocycles. The van der Waals surface area contributed by atoms with Crippen LogP contribution in [-0.4, -0.2) is 18.6 Å². The summed E-state index contributed by atoms with van der Waals surface area (Å²) in [6.07, 6.45) is 27.8. The lowest BCUT2D eigenvalue weighted by atomic mass is 10.0. The Kier molecular flexibility index (Phi) is 14.3. The molecule has 1 aromatic heterocycles. The SMILES string of the molecule is CCCCCCCCCCCCCCCCN(C)c1ccc(/C=C/c2ccncc2)cc1. The van der Waals surface area contributed by atoms with E-state index in [1.54, 1.807) is 0 Å². The Morgan fingerprint density at radius 3 is 1.53 bits per heavy atom. The van der Waals surface area contributed by atoms with Crippen LogP contribution in [-0.2, 0) is 0 Å². The molecule has 0 bridgehead atoms. The molecule has 0 atom stereocenters. The molecule has 0 unspecified atom stereocenters. The predicted octanol–water partition coefficient (Wildman–Crippen LogP) is 9.17. The van der Waals surface area contributed by atoms with Crippen LogP contribution in [0.1, 0.15) is 108 Å². The summed E-state index contributed by atoms with van der Waals surface area (Å²) in [6.45, 7) is 3.44. The molecule has 0 spiro atoms. The van der Waals surface area contributed by atoms with Crippen LogP contribution in [0.2, 0.25) is 0 Å². The molecular weight excluding hydrogens is 388 g/mol. The summed E-state index contributed by atoms with van der Waals surface area (Å²) in [7, 11) is 2.21. The number of aromatic nitrogens is 1. The van der Waals surface area contributed by atoms with Crippen molar-refractivity contribution < 1.29 is 0 Å². The second kappa shape index (κ2) is 17.5. The second-order valence-corrected chi connectivity index (χ2v) is 9.22. The van der Waals surface area contributed by atoms with Crippen LogP contribution in [0.15, 0.2) is 48.8 Å². The molecule has 2 heteroatoms. The van der Waals surface area contributed by atoms with Crippen LogP contribution < -0.4 is 4.90 Å².